The second-order valence-electron chi connectivity index (χ2n) is 6.58. The lowest BCUT2D eigenvalue weighted by atomic mass is 9.83. The Labute approximate surface area is 137 Å². The van der Waals surface area contributed by atoms with Crippen LogP contribution in [0.15, 0.2) is 17.9 Å². The molecule has 3 rings (SSSR count). The molecule has 0 unspecified atom stereocenters. The van der Waals surface area contributed by atoms with Crippen molar-refractivity contribution >= 4 is 35.9 Å². The number of rotatable bonds is 1. The second-order valence-corrected chi connectivity index (χ2v) is 6.98. The Morgan fingerprint density at radius 3 is 2.35 bits per heavy atom. The van der Waals surface area contributed by atoms with E-state index in [1.807, 2.05) is 0 Å². The molecule has 8 heteroatoms. The molecule has 0 spiro atoms. The van der Waals surface area contributed by atoms with Gasteiger partial charge in [0, 0.05) is 5.56 Å². The summed E-state index contributed by atoms with van der Waals surface area (Å²) in [5.74, 6) is -1.33. The van der Waals surface area contributed by atoms with E-state index in [1.165, 1.54) is 0 Å². The first-order chi connectivity index (χ1) is 10.5. The van der Waals surface area contributed by atoms with Crippen molar-refractivity contribution in [3.8, 4) is 0 Å². The summed E-state index contributed by atoms with van der Waals surface area (Å²) >= 11 is 5.98. The minimum absolute atomic E-state index is 0.0555. The zero-order valence-electron chi connectivity index (χ0n) is 13.1. The molecule has 1 amide bonds. The number of fused-ring (bicyclic) bond motifs is 1. The Balaban J connectivity index is 2.09. The Hall–Kier alpha value is -1.44. The van der Waals surface area contributed by atoms with E-state index in [0.29, 0.717) is 0 Å². The van der Waals surface area contributed by atoms with E-state index in [2.05, 4.69) is 5.32 Å². The highest BCUT2D eigenvalue weighted by Crippen LogP contribution is 2.44. The predicted octanol–water partition coefficient (Wildman–Crippen LogP) is 3.74. The van der Waals surface area contributed by atoms with Crippen LogP contribution in [-0.2, 0) is 14.1 Å². The van der Waals surface area contributed by atoms with Gasteiger partial charge in [-0.1, -0.05) is 11.6 Å². The molecule has 2 aliphatic rings. The van der Waals surface area contributed by atoms with Crippen LogP contribution >= 0.6 is 11.6 Å². The zero-order chi connectivity index (χ0) is 17.2. The van der Waals surface area contributed by atoms with Crippen LogP contribution in [0, 0.1) is 5.82 Å². The Kier molecular flexibility index (Phi) is 3.59. The number of halogens is 3. The normalized spacial score (nSPS) is 23.8. The van der Waals surface area contributed by atoms with Gasteiger partial charge in [0.25, 0.3) is 5.91 Å². The van der Waals surface area contributed by atoms with Crippen molar-refractivity contribution in [1.82, 2.24) is 0 Å². The van der Waals surface area contributed by atoms with E-state index in [-0.39, 0.29) is 21.8 Å². The summed E-state index contributed by atoms with van der Waals surface area (Å²) < 4.78 is 39.5. The minimum Gasteiger partial charge on any atom is -0.398 e. The van der Waals surface area contributed by atoms with Crippen molar-refractivity contribution in [3.63, 3.8) is 0 Å². The molecular formula is C15H15BClF2NO3. The van der Waals surface area contributed by atoms with E-state index >= 15 is 0 Å². The molecule has 0 aromatic heterocycles. The largest absolute Gasteiger partial charge is 0.526 e. The fourth-order valence-corrected chi connectivity index (χ4v) is 2.82. The number of amides is 1. The number of nitrogens with one attached hydrogen (secondary N) is 1. The lowest BCUT2D eigenvalue weighted by molar-refractivity contribution is -0.110. The second kappa shape index (κ2) is 5.03. The molecule has 4 nitrogen and oxygen atoms in total. The number of benzene rings is 1. The summed E-state index contributed by atoms with van der Waals surface area (Å²) in [6.07, 6.45) is 0. The maximum absolute atomic E-state index is 14.9. The minimum atomic E-state index is -1.33. The Morgan fingerprint density at radius 1 is 1.22 bits per heavy atom. The molecule has 0 bridgehead atoms. The van der Waals surface area contributed by atoms with E-state index < -0.39 is 35.8 Å². The number of hydrogen-bond donors (Lipinski definition) is 1. The molecule has 122 valence electrons. The van der Waals surface area contributed by atoms with Crippen molar-refractivity contribution < 1.29 is 22.9 Å². The van der Waals surface area contributed by atoms with Crippen LogP contribution in [0.3, 0.4) is 0 Å². The van der Waals surface area contributed by atoms with Gasteiger partial charge >= 0.3 is 7.12 Å². The van der Waals surface area contributed by atoms with Gasteiger partial charge < -0.3 is 14.6 Å². The maximum atomic E-state index is 14.9. The summed E-state index contributed by atoms with van der Waals surface area (Å²) in [5, 5.41) is 2.35. The van der Waals surface area contributed by atoms with Crippen LogP contribution in [0.2, 0.25) is 5.02 Å². The van der Waals surface area contributed by atoms with Gasteiger partial charge in [0.1, 0.15) is 11.5 Å². The fourth-order valence-electron chi connectivity index (χ4n) is 2.52. The van der Waals surface area contributed by atoms with Gasteiger partial charge in [-0.3, -0.25) is 4.79 Å². The van der Waals surface area contributed by atoms with E-state index in [9.17, 15) is 13.6 Å². The first kappa shape index (κ1) is 16.4. The number of carbonyl (C=O) groups is 1. The average Bonchev–Trinajstić information content (AvgIpc) is 2.82. The van der Waals surface area contributed by atoms with Crippen LogP contribution < -0.4 is 5.32 Å². The van der Waals surface area contributed by atoms with Crippen molar-refractivity contribution in [2.45, 2.75) is 38.9 Å². The molecule has 1 fully saturated rings. The molecule has 2 aliphatic heterocycles. The molecule has 1 saturated heterocycles. The molecule has 0 aliphatic carbocycles. The number of hydrogen-bond acceptors (Lipinski definition) is 3. The molecule has 1 aromatic carbocycles. The summed E-state index contributed by atoms with van der Waals surface area (Å²) in [5.41, 5.74) is -2.43. The van der Waals surface area contributed by atoms with Crippen LogP contribution in [-0.4, -0.2) is 24.2 Å². The first-order valence-corrected chi connectivity index (χ1v) is 7.47. The maximum Gasteiger partial charge on any atom is 0.526 e. The van der Waals surface area contributed by atoms with Gasteiger partial charge in [-0.05, 0) is 39.8 Å². The van der Waals surface area contributed by atoms with Gasteiger partial charge in [0.2, 0.25) is 0 Å². The Bertz CT molecular complexity index is 732. The third-order valence-corrected chi connectivity index (χ3v) is 4.78. The summed E-state index contributed by atoms with van der Waals surface area (Å²) in [7, 11) is -1.33. The topological polar surface area (TPSA) is 47.6 Å². The van der Waals surface area contributed by atoms with Gasteiger partial charge in [-0.25, -0.2) is 8.78 Å². The quantitative estimate of drug-likeness (QED) is 0.625. The predicted molar refractivity (Wildman–Crippen MR) is 84.1 cm³/mol. The number of anilines is 1. The Morgan fingerprint density at radius 2 is 1.78 bits per heavy atom. The first-order valence-electron chi connectivity index (χ1n) is 7.09. The molecule has 23 heavy (non-hydrogen) atoms. The lowest BCUT2D eigenvalue weighted by Crippen LogP contribution is -2.41. The van der Waals surface area contributed by atoms with E-state index in [0.717, 1.165) is 12.1 Å². The van der Waals surface area contributed by atoms with Gasteiger partial charge in [0.15, 0.2) is 0 Å². The standard InChI is InChI=1S/C15H15BClF2NO3/c1-14(2)15(3,4)23-16(22-14)12(19)11-10-8(17)5-7(18)6-9(10)20-13(11)21/h5-6H,1-4H3,(H,20,21). The summed E-state index contributed by atoms with van der Waals surface area (Å²) in [6.45, 7) is 7.10. The summed E-state index contributed by atoms with van der Waals surface area (Å²) in [4.78, 5) is 12.1. The van der Waals surface area contributed by atoms with Crippen molar-refractivity contribution in [1.29, 1.82) is 0 Å². The van der Waals surface area contributed by atoms with Gasteiger partial charge in [-0.15, -0.1) is 0 Å². The van der Waals surface area contributed by atoms with Crippen LogP contribution in [0.5, 0.6) is 0 Å². The van der Waals surface area contributed by atoms with Crippen molar-refractivity contribution in [2.75, 3.05) is 5.32 Å². The molecule has 2 heterocycles. The highest BCUT2D eigenvalue weighted by molar-refractivity contribution is 6.58. The lowest BCUT2D eigenvalue weighted by Gasteiger charge is -2.32. The zero-order valence-corrected chi connectivity index (χ0v) is 13.8. The van der Waals surface area contributed by atoms with Crippen LogP contribution in [0.4, 0.5) is 14.5 Å². The highest BCUT2D eigenvalue weighted by atomic mass is 35.5. The summed E-state index contributed by atoms with van der Waals surface area (Å²) in [6, 6.07) is 2.11. The van der Waals surface area contributed by atoms with Gasteiger partial charge in [-0.2, -0.15) is 0 Å². The molecule has 0 atom stereocenters. The molecule has 1 N–H and O–H groups in total. The third-order valence-electron chi connectivity index (χ3n) is 4.48. The molecule has 0 saturated carbocycles. The van der Waals surface area contributed by atoms with Crippen LogP contribution in [0.25, 0.3) is 5.57 Å². The average molecular weight is 342 g/mol. The van der Waals surface area contributed by atoms with E-state index in [1.54, 1.807) is 27.7 Å². The SMILES string of the molecule is CC1(C)OB(C(F)=C2C(=O)Nc3cc(F)cc(Cl)c32)OC1(C)C. The van der Waals surface area contributed by atoms with Crippen molar-refractivity contribution in [3.05, 3.63) is 34.3 Å². The third kappa shape index (κ3) is 2.47. The molecule has 0 radical (unpaired) electrons. The smallest absolute Gasteiger partial charge is 0.398 e. The monoisotopic (exact) mass is 341 g/mol. The molecule has 1 aromatic rings. The van der Waals surface area contributed by atoms with E-state index in [4.69, 9.17) is 20.9 Å². The van der Waals surface area contributed by atoms with Crippen LogP contribution in [0.1, 0.15) is 33.3 Å². The number of carbonyl (C=O) groups excluding carboxylic acids is 1. The highest BCUT2D eigenvalue weighted by Gasteiger charge is 2.54. The fraction of sp³-hybridized carbons (Fsp3) is 0.400. The van der Waals surface area contributed by atoms with Gasteiger partial charge in [0.05, 0.1) is 27.5 Å². The molecular weight excluding hydrogens is 326 g/mol. The van der Waals surface area contributed by atoms with Crippen molar-refractivity contribution in [2.24, 2.45) is 0 Å².